The minimum Gasteiger partial charge on any atom is -0.488 e. The maximum atomic E-state index is 6.37. The summed E-state index contributed by atoms with van der Waals surface area (Å²) < 4.78 is 6.37. The first-order chi connectivity index (χ1) is 12.8. The summed E-state index contributed by atoms with van der Waals surface area (Å²) in [6.45, 7) is 5.37. The lowest BCUT2D eigenvalue weighted by molar-refractivity contribution is 0.138. The smallest absolute Gasteiger partial charge is 0.130 e. The molecule has 3 aromatic rings. The molecule has 0 saturated heterocycles. The van der Waals surface area contributed by atoms with Gasteiger partial charge in [-0.2, -0.15) is 0 Å². The van der Waals surface area contributed by atoms with Gasteiger partial charge in [-0.05, 0) is 38.1 Å². The van der Waals surface area contributed by atoms with Crippen molar-refractivity contribution in [3.05, 3.63) is 73.5 Å². The van der Waals surface area contributed by atoms with Crippen molar-refractivity contribution < 1.29 is 4.74 Å². The Labute approximate surface area is 154 Å². The molecule has 0 aliphatic carbocycles. The molecule has 0 N–H and O–H groups in total. The van der Waals surface area contributed by atoms with E-state index in [-0.39, 0.29) is 6.10 Å². The lowest BCUT2D eigenvalue weighted by Gasteiger charge is -2.25. The van der Waals surface area contributed by atoms with Crippen LogP contribution in [0.2, 0.25) is 0 Å². The first-order valence-electron chi connectivity index (χ1n) is 8.81. The summed E-state index contributed by atoms with van der Waals surface area (Å²) in [6, 6.07) is 9.98. The Morgan fingerprint density at radius 2 is 2.04 bits per heavy atom. The van der Waals surface area contributed by atoms with E-state index in [1.54, 1.807) is 24.8 Å². The average molecular weight is 348 g/mol. The van der Waals surface area contributed by atoms with E-state index in [1.807, 2.05) is 36.4 Å². The summed E-state index contributed by atoms with van der Waals surface area (Å²) in [5.74, 6) is 0.873. The number of hydrogen-bond donors (Lipinski definition) is 0. The van der Waals surface area contributed by atoms with Crippen LogP contribution in [0.15, 0.2) is 67.8 Å². The highest BCUT2D eigenvalue weighted by atomic mass is 16.5. The maximum Gasteiger partial charge on any atom is 0.130 e. The Kier molecular flexibility index (Phi) is 6.28. The Morgan fingerprint density at radius 3 is 2.85 bits per heavy atom. The number of ether oxygens (including phenoxy) is 1. The molecule has 5 nitrogen and oxygen atoms in total. The zero-order chi connectivity index (χ0) is 18.2. The van der Waals surface area contributed by atoms with Gasteiger partial charge in [-0.25, -0.2) is 0 Å². The van der Waals surface area contributed by atoms with E-state index in [0.717, 1.165) is 48.3 Å². The molecule has 2 heterocycles. The summed E-state index contributed by atoms with van der Waals surface area (Å²) in [6.07, 6.45) is 10.8. The van der Waals surface area contributed by atoms with E-state index < -0.39 is 0 Å². The molecular weight excluding hydrogens is 324 g/mol. The van der Waals surface area contributed by atoms with E-state index in [4.69, 9.17) is 4.74 Å². The van der Waals surface area contributed by atoms with Crippen LogP contribution < -0.4 is 4.74 Å². The molecule has 0 radical (unpaired) electrons. The normalized spacial score (nSPS) is 12.2. The van der Waals surface area contributed by atoms with Crippen molar-refractivity contribution in [3.63, 3.8) is 0 Å². The quantitative estimate of drug-likeness (QED) is 0.550. The number of benzene rings is 1. The fraction of sp³-hybridized carbons (Fsp3) is 0.286. The zero-order valence-corrected chi connectivity index (χ0v) is 15.1. The van der Waals surface area contributed by atoms with Gasteiger partial charge in [0.2, 0.25) is 0 Å². The molecule has 1 atom stereocenters. The number of para-hydroxylation sites is 1. The lowest BCUT2D eigenvalue weighted by Crippen LogP contribution is -2.33. The van der Waals surface area contributed by atoms with Crippen LogP contribution in [0.5, 0.6) is 5.75 Å². The summed E-state index contributed by atoms with van der Waals surface area (Å²) in [5.41, 5.74) is 1.90. The molecule has 0 aliphatic heterocycles. The van der Waals surface area contributed by atoms with Gasteiger partial charge in [0.1, 0.15) is 11.9 Å². The van der Waals surface area contributed by atoms with Gasteiger partial charge in [0.25, 0.3) is 0 Å². The van der Waals surface area contributed by atoms with Gasteiger partial charge in [0, 0.05) is 43.3 Å². The molecule has 2 aromatic heterocycles. The third kappa shape index (κ3) is 4.86. The number of rotatable bonds is 9. The van der Waals surface area contributed by atoms with Gasteiger partial charge in [-0.15, -0.1) is 6.58 Å². The van der Waals surface area contributed by atoms with Crippen molar-refractivity contribution in [1.29, 1.82) is 0 Å². The molecule has 0 spiro atoms. The molecule has 0 saturated carbocycles. The number of pyridine rings is 1. The van der Waals surface area contributed by atoms with E-state index in [1.165, 1.54) is 0 Å². The first-order valence-corrected chi connectivity index (χ1v) is 8.81. The maximum absolute atomic E-state index is 6.37. The van der Waals surface area contributed by atoms with Crippen LogP contribution in [0.4, 0.5) is 0 Å². The second-order valence-electron chi connectivity index (χ2n) is 6.33. The van der Waals surface area contributed by atoms with Crippen LogP contribution in [-0.2, 0) is 6.54 Å². The number of nitrogens with zero attached hydrogens (tertiary/aromatic N) is 4. The van der Waals surface area contributed by atoms with Crippen LogP contribution in [0.1, 0.15) is 18.5 Å². The van der Waals surface area contributed by atoms with Gasteiger partial charge >= 0.3 is 0 Å². The minimum absolute atomic E-state index is 0.0560. The molecule has 134 valence electrons. The van der Waals surface area contributed by atoms with Gasteiger partial charge in [0.05, 0.1) is 11.2 Å². The third-order valence-electron chi connectivity index (χ3n) is 4.16. The van der Waals surface area contributed by atoms with Crippen molar-refractivity contribution in [2.45, 2.75) is 25.5 Å². The van der Waals surface area contributed by atoms with E-state index in [9.17, 15) is 0 Å². The molecule has 3 rings (SSSR count). The lowest BCUT2D eigenvalue weighted by atomic mass is 10.1. The number of allylic oxidation sites excluding steroid dienone is 1. The van der Waals surface area contributed by atoms with Crippen molar-refractivity contribution >= 4 is 10.9 Å². The first kappa shape index (κ1) is 18.0. The standard InChI is InChI=1S/C21H24N4O/c1-3-4-7-18(16-25(2)15-17-14-22-12-13-23-17)26-21-10-11-24-20-9-6-5-8-19(20)21/h3,5-6,8-14,18H,1,4,7,15-16H2,2H3/t18-/m1/s1. The van der Waals surface area contributed by atoms with Crippen LogP contribution in [0.25, 0.3) is 10.9 Å². The molecule has 5 heteroatoms. The number of aromatic nitrogens is 3. The Hall–Kier alpha value is -2.79. The van der Waals surface area contributed by atoms with E-state index in [0.29, 0.717) is 0 Å². The molecule has 0 fully saturated rings. The molecule has 0 aliphatic rings. The largest absolute Gasteiger partial charge is 0.488 e. The number of hydrogen-bond acceptors (Lipinski definition) is 5. The van der Waals surface area contributed by atoms with Gasteiger partial charge in [0.15, 0.2) is 0 Å². The van der Waals surface area contributed by atoms with Crippen LogP contribution in [-0.4, -0.2) is 39.5 Å². The SMILES string of the molecule is C=CCC[C@H](CN(C)Cc1cnccn1)Oc1ccnc2ccccc12. The second-order valence-corrected chi connectivity index (χ2v) is 6.33. The fourth-order valence-electron chi connectivity index (χ4n) is 2.94. The number of fused-ring (bicyclic) bond motifs is 1. The third-order valence-corrected chi connectivity index (χ3v) is 4.16. The highest BCUT2D eigenvalue weighted by molar-refractivity contribution is 5.84. The minimum atomic E-state index is 0.0560. The van der Waals surface area contributed by atoms with Crippen molar-refractivity contribution in [1.82, 2.24) is 19.9 Å². The molecule has 26 heavy (non-hydrogen) atoms. The van der Waals surface area contributed by atoms with Crippen molar-refractivity contribution in [3.8, 4) is 5.75 Å². The van der Waals surface area contributed by atoms with E-state index in [2.05, 4.69) is 33.5 Å². The van der Waals surface area contributed by atoms with Gasteiger partial charge < -0.3 is 4.74 Å². The zero-order valence-electron chi connectivity index (χ0n) is 15.1. The topological polar surface area (TPSA) is 51.1 Å². The molecule has 0 amide bonds. The summed E-state index contributed by atoms with van der Waals surface area (Å²) in [5, 5.41) is 1.04. The molecule has 0 unspecified atom stereocenters. The molecular formula is C21H24N4O. The fourth-order valence-corrected chi connectivity index (χ4v) is 2.94. The molecule has 1 aromatic carbocycles. The summed E-state index contributed by atoms with van der Waals surface area (Å²) in [4.78, 5) is 15.1. The monoisotopic (exact) mass is 348 g/mol. The average Bonchev–Trinajstić information content (AvgIpc) is 2.67. The number of likely N-dealkylation sites (N-methyl/N-ethyl adjacent to an activating group) is 1. The summed E-state index contributed by atoms with van der Waals surface area (Å²) >= 11 is 0. The highest BCUT2D eigenvalue weighted by Gasteiger charge is 2.15. The Balaban J connectivity index is 1.71. The van der Waals surface area contributed by atoms with Crippen LogP contribution in [0.3, 0.4) is 0 Å². The van der Waals surface area contributed by atoms with Crippen molar-refractivity contribution in [2.75, 3.05) is 13.6 Å². The van der Waals surface area contributed by atoms with E-state index >= 15 is 0 Å². The Morgan fingerprint density at radius 1 is 1.15 bits per heavy atom. The second kappa shape index (κ2) is 9.06. The Bertz CT molecular complexity index is 832. The van der Waals surface area contributed by atoms with Crippen LogP contribution in [0, 0.1) is 0 Å². The predicted molar refractivity (Wildman–Crippen MR) is 104 cm³/mol. The van der Waals surface area contributed by atoms with Gasteiger partial charge in [-0.1, -0.05) is 18.2 Å². The van der Waals surface area contributed by atoms with Crippen molar-refractivity contribution in [2.24, 2.45) is 0 Å². The summed E-state index contributed by atoms with van der Waals surface area (Å²) in [7, 11) is 2.07. The molecule has 0 bridgehead atoms. The van der Waals surface area contributed by atoms with Crippen LogP contribution >= 0.6 is 0 Å². The van der Waals surface area contributed by atoms with Gasteiger partial charge in [-0.3, -0.25) is 19.9 Å². The highest BCUT2D eigenvalue weighted by Crippen LogP contribution is 2.25. The predicted octanol–water partition coefficient (Wildman–Crippen LogP) is 3.87.